The number of fused-ring (bicyclic) bond motifs is 1. The van der Waals surface area contributed by atoms with Crippen LogP contribution in [-0.2, 0) is 6.54 Å². The smallest absolute Gasteiger partial charge is 0.258 e. The lowest BCUT2D eigenvalue weighted by Crippen LogP contribution is -2.13. The Balaban J connectivity index is 1.66. The molecule has 0 spiro atoms. The molecular formula is C20H16Cl2N6O2. The maximum atomic E-state index is 12.7. The first-order valence-electron chi connectivity index (χ1n) is 8.89. The molecule has 1 aromatic carbocycles. The van der Waals surface area contributed by atoms with Crippen LogP contribution in [0.2, 0.25) is 10.0 Å². The standard InChI is InChI=1S/C20H16Cl2N6O2/c1-11-17-18(22)15(20(29)26-13-5-3-12(21)4-6-13)8-23-19(17)28(27-11)9-14-7-16(30-2)25-10-24-14/h3-8,10H,9H2,1-2H3,(H,26,29). The van der Waals surface area contributed by atoms with Gasteiger partial charge in [0, 0.05) is 23.0 Å². The molecule has 0 saturated heterocycles. The van der Waals surface area contributed by atoms with E-state index in [0.29, 0.717) is 45.6 Å². The number of halogens is 2. The summed E-state index contributed by atoms with van der Waals surface area (Å²) >= 11 is 12.5. The zero-order valence-electron chi connectivity index (χ0n) is 16.1. The zero-order valence-corrected chi connectivity index (χ0v) is 17.6. The molecule has 0 saturated carbocycles. The van der Waals surface area contributed by atoms with Crippen LogP contribution in [0.4, 0.5) is 5.69 Å². The van der Waals surface area contributed by atoms with Gasteiger partial charge in [-0.3, -0.25) is 4.79 Å². The van der Waals surface area contributed by atoms with Crippen LogP contribution in [0, 0.1) is 6.92 Å². The van der Waals surface area contributed by atoms with Crippen molar-refractivity contribution >= 4 is 45.8 Å². The van der Waals surface area contributed by atoms with Crippen LogP contribution < -0.4 is 10.1 Å². The third-order valence-electron chi connectivity index (χ3n) is 4.44. The second kappa shape index (κ2) is 8.25. The van der Waals surface area contributed by atoms with Crippen molar-refractivity contribution in [2.45, 2.75) is 13.5 Å². The number of pyridine rings is 1. The molecule has 4 rings (SSSR count). The highest BCUT2D eigenvalue weighted by Crippen LogP contribution is 2.29. The van der Waals surface area contributed by atoms with E-state index in [4.69, 9.17) is 27.9 Å². The van der Waals surface area contributed by atoms with Crippen LogP contribution in [0.5, 0.6) is 5.88 Å². The normalized spacial score (nSPS) is 10.9. The van der Waals surface area contributed by atoms with E-state index in [1.807, 2.05) is 6.92 Å². The summed E-state index contributed by atoms with van der Waals surface area (Å²) in [5.41, 5.74) is 2.77. The highest BCUT2D eigenvalue weighted by molar-refractivity contribution is 6.39. The molecule has 30 heavy (non-hydrogen) atoms. The lowest BCUT2D eigenvalue weighted by atomic mass is 10.2. The minimum absolute atomic E-state index is 0.255. The van der Waals surface area contributed by atoms with Gasteiger partial charge in [-0.2, -0.15) is 5.10 Å². The predicted molar refractivity (Wildman–Crippen MR) is 114 cm³/mol. The molecule has 0 aliphatic carbocycles. The Morgan fingerprint density at radius 1 is 1.17 bits per heavy atom. The Morgan fingerprint density at radius 3 is 2.67 bits per heavy atom. The van der Waals surface area contributed by atoms with Gasteiger partial charge >= 0.3 is 0 Å². The second-order valence-corrected chi connectivity index (χ2v) is 7.25. The number of hydrogen-bond acceptors (Lipinski definition) is 6. The third-order valence-corrected chi connectivity index (χ3v) is 5.08. The first-order valence-corrected chi connectivity index (χ1v) is 9.65. The summed E-state index contributed by atoms with van der Waals surface area (Å²) in [6.45, 7) is 2.16. The number of nitrogens with one attached hydrogen (secondary N) is 1. The van der Waals surface area contributed by atoms with Gasteiger partial charge in [-0.15, -0.1) is 0 Å². The number of carbonyl (C=O) groups is 1. The van der Waals surface area contributed by atoms with Crippen molar-refractivity contribution in [3.05, 3.63) is 69.9 Å². The highest BCUT2D eigenvalue weighted by Gasteiger charge is 2.20. The van der Waals surface area contributed by atoms with Crippen molar-refractivity contribution in [1.29, 1.82) is 0 Å². The fourth-order valence-corrected chi connectivity index (χ4v) is 3.49. The van der Waals surface area contributed by atoms with Crippen LogP contribution in [0.15, 0.2) is 42.9 Å². The first kappa shape index (κ1) is 20.1. The van der Waals surface area contributed by atoms with Gasteiger partial charge in [-0.25, -0.2) is 19.6 Å². The second-order valence-electron chi connectivity index (χ2n) is 6.44. The summed E-state index contributed by atoms with van der Waals surface area (Å²) in [7, 11) is 1.54. The summed E-state index contributed by atoms with van der Waals surface area (Å²) in [4.78, 5) is 25.4. The van der Waals surface area contributed by atoms with Gasteiger partial charge in [0.15, 0.2) is 5.65 Å². The Morgan fingerprint density at radius 2 is 1.93 bits per heavy atom. The maximum absolute atomic E-state index is 12.7. The average molecular weight is 443 g/mol. The molecule has 0 atom stereocenters. The Labute approximate surface area is 181 Å². The third kappa shape index (κ3) is 3.92. The summed E-state index contributed by atoms with van der Waals surface area (Å²) in [6, 6.07) is 8.52. The Kier molecular flexibility index (Phi) is 5.52. The number of hydrogen-bond donors (Lipinski definition) is 1. The largest absolute Gasteiger partial charge is 0.481 e. The van der Waals surface area contributed by atoms with E-state index in [1.54, 1.807) is 35.0 Å². The van der Waals surface area contributed by atoms with Gasteiger partial charge in [-0.1, -0.05) is 23.2 Å². The van der Waals surface area contributed by atoms with Crippen LogP contribution in [0.3, 0.4) is 0 Å². The SMILES string of the molecule is COc1cc(Cn2nc(C)c3c(Cl)c(C(=O)Nc4ccc(Cl)cc4)cnc32)ncn1. The molecule has 0 fully saturated rings. The molecule has 0 radical (unpaired) electrons. The van der Waals surface area contributed by atoms with Crippen molar-refractivity contribution in [3.8, 4) is 5.88 Å². The first-order chi connectivity index (χ1) is 14.5. The number of carbonyl (C=O) groups excluding carboxylic acids is 1. The van der Waals surface area contributed by atoms with Crippen molar-refractivity contribution in [1.82, 2.24) is 24.7 Å². The number of methoxy groups -OCH3 is 1. The molecule has 0 unspecified atom stereocenters. The molecule has 1 N–H and O–H groups in total. The number of amides is 1. The van der Waals surface area contributed by atoms with Gasteiger partial charge in [0.2, 0.25) is 5.88 Å². The molecular weight excluding hydrogens is 427 g/mol. The molecule has 3 aromatic heterocycles. The highest BCUT2D eigenvalue weighted by atomic mass is 35.5. The number of aryl methyl sites for hydroxylation is 1. The molecule has 8 nitrogen and oxygen atoms in total. The number of benzene rings is 1. The van der Waals surface area contributed by atoms with Gasteiger partial charge in [0.25, 0.3) is 5.91 Å². The fraction of sp³-hybridized carbons (Fsp3) is 0.150. The number of rotatable bonds is 5. The van der Waals surface area contributed by atoms with Crippen LogP contribution >= 0.6 is 23.2 Å². The van der Waals surface area contributed by atoms with E-state index in [-0.39, 0.29) is 16.5 Å². The molecule has 1 amide bonds. The van der Waals surface area contributed by atoms with E-state index in [1.165, 1.54) is 19.6 Å². The number of aromatic nitrogens is 5. The predicted octanol–water partition coefficient (Wildman–Crippen LogP) is 4.15. The van der Waals surface area contributed by atoms with E-state index >= 15 is 0 Å². The molecule has 0 aliphatic rings. The molecule has 152 valence electrons. The minimum atomic E-state index is -0.371. The van der Waals surface area contributed by atoms with Gasteiger partial charge in [0.1, 0.15) is 6.33 Å². The Hall–Kier alpha value is -3.23. The van der Waals surface area contributed by atoms with Crippen LogP contribution in [0.25, 0.3) is 11.0 Å². The summed E-state index contributed by atoms with van der Waals surface area (Å²) in [5.74, 6) is 0.0877. The van der Waals surface area contributed by atoms with E-state index in [0.717, 1.165) is 0 Å². The maximum Gasteiger partial charge on any atom is 0.258 e. The van der Waals surface area contributed by atoms with Crippen molar-refractivity contribution in [2.75, 3.05) is 12.4 Å². The van der Waals surface area contributed by atoms with Crippen molar-refractivity contribution in [2.24, 2.45) is 0 Å². The van der Waals surface area contributed by atoms with Crippen LogP contribution in [0.1, 0.15) is 21.7 Å². The van der Waals surface area contributed by atoms with E-state index < -0.39 is 0 Å². The Bertz CT molecular complexity index is 1240. The number of anilines is 1. The van der Waals surface area contributed by atoms with Gasteiger partial charge < -0.3 is 10.1 Å². The lowest BCUT2D eigenvalue weighted by molar-refractivity contribution is 0.102. The summed E-state index contributed by atoms with van der Waals surface area (Å²) in [6.07, 6.45) is 2.86. The van der Waals surface area contributed by atoms with E-state index in [2.05, 4.69) is 25.4 Å². The minimum Gasteiger partial charge on any atom is -0.481 e. The number of ether oxygens (including phenoxy) is 1. The van der Waals surface area contributed by atoms with E-state index in [9.17, 15) is 4.79 Å². The topological polar surface area (TPSA) is 94.8 Å². The van der Waals surface area contributed by atoms with Crippen molar-refractivity contribution < 1.29 is 9.53 Å². The molecule has 10 heteroatoms. The molecule has 3 heterocycles. The average Bonchev–Trinajstić information content (AvgIpc) is 3.06. The molecule has 0 aliphatic heterocycles. The van der Waals surface area contributed by atoms with Gasteiger partial charge in [-0.05, 0) is 31.2 Å². The lowest BCUT2D eigenvalue weighted by Gasteiger charge is -2.08. The summed E-state index contributed by atoms with van der Waals surface area (Å²) < 4.78 is 6.81. The van der Waals surface area contributed by atoms with Crippen LogP contribution in [-0.4, -0.2) is 37.7 Å². The number of nitrogens with zero attached hydrogens (tertiary/aromatic N) is 5. The van der Waals surface area contributed by atoms with Gasteiger partial charge in [0.05, 0.1) is 41.0 Å². The van der Waals surface area contributed by atoms with Crippen molar-refractivity contribution in [3.63, 3.8) is 0 Å². The zero-order chi connectivity index (χ0) is 21.3. The fourth-order valence-electron chi connectivity index (χ4n) is 3.00. The quantitative estimate of drug-likeness (QED) is 0.498. The monoisotopic (exact) mass is 442 g/mol. The molecule has 4 aromatic rings. The summed E-state index contributed by atoms with van der Waals surface area (Å²) in [5, 5.41) is 8.79. The molecule has 0 bridgehead atoms.